The number of aromatic amines is 1. The molecule has 8 heteroatoms. The van der Waals surface area contributed by atoms with Gasteiger partial charge in [-0.1, -0.05) is 18.2 Å². The van der Waals surface area contributed by atoms with E-state index in [1.807, 2.05) is 36.5 Å². The van der Waals surface area contributed by atoms with Crippen LogP contribution in [0.5, 0.6) is 0 Å². The Morgan fingerprint density at radius 3 is 2.87 bits per heavy atom. The number of hydrogen-bond acceptors (Lipinski definition) is 6. The van der Waals surface area contributed by atoms with Gasteiger partial charge in [0.2, 0.25) is 5.91 Å². The van der Waals surface area contributed by atoms with Crippen molar-refractivity contribution < 1.29 is 4.79 Å². The summed E-state index contributed by atoms with van der Waals surface area (Å²) in [6.07, 6.45) is 8.83. The molecule has 0 aliphatic carbocycles. The summed E-state index contributed by atoms with van der Waals surface area (Å²) in [6.45, 7) is 1.46. The van der Waals surface area contributed by atoms with E-state index >= 15 is 0 Å². The summed E-state index contributed by atoms with van der Waals surface area (Å²) in [7, 11) is 0. The highest BCUT2D eigenvalue weighted by molar-refractivity contribution is 7.18. The molecular formula is C22H16N6OS. The first-order chi connectivity index (χ1) is 14.7. The Hall–Kier alpha value is -3.91. The summed E-state index contributed by atoms with van der Waals surface area (Å²) in [6, 6.07) is 11.8. The summed E-state index contributed by atoms with van der Waals surface area (Å²) in [5, 5.41) is 5.66. The lowest BCUT2D eigenvalue weighted by Gasteiger charge is -2.05. The van der Waals surface area contributed by atoms with Gasteiger partial charge in [0, 0.05) is 54.4 Å². The molecule has 4 heterocycles. The van der Waals surface area contributed by atoms with Crippen LogP contribution in [-0.4, -0.2) is 30.8 Å². The van der Waals surface area contributed by atoms with Crippen LogP contribution in [0.2, 0.25) is 0 Å². The molecule has 30 heavy (non-hydrogen) atoms. The topological polar surface area (TPSA) is 96.5 Å². The second-order valence-corrected chi connectivity index (χ2v) is 7.65. The van der Waals surface area contributed by atoms with E-state index in [1.54, 1.807) is 36.1 Å². The first-order valence-electron chi connectivity index (χ1n) is 9.27. The van der Waals surface area contributed by atoms with E-state index in [2.05, 4.69) is 31.3 Å². The minimum Gasteiger partial charge on any atom is -0.344 e. The third-order valence-electron chi connectivity index (χ3n) is 4.59. The predicted octanol–water partition coefficient (Wildman–Crippen LogP) is 4.77. The number of rotatable bonds is 4. The zero-order chi connectivity index (χ0) is 20.5. The molecule has 0 fully saturated rings. The highest BCUT2D eigenvalue weighted by Crippen LogP contribution is 2.41. The standard InChI is InChI=1S/C22H16N6OS/c1-13(29)27-18-11-14(5-8-24-18)22-28-19(20(30-22)21-25-9-10-26-21)17-4-2-3-15-12-23-7-6-16(15)17/h2-12H,1H3,(H,25,26)(H,24,27,29). The SMILES string of the molecule is CC(=O)Nc1cc(-c2nc(-c3cccc4cnccc34)c(-c3ncc[nH]3)s2)ccn1. The molecular weight excluding hydrogens is 396 g/mol. The molecule has 2 N–H and O–H groups in total. The summed E-state index contributed by atoms with van der Waals surface area (Å²) in [5.74, 6) is 1.09. The normalized spacial score (nSPS) is 11.0. The summed E-state index contributed by atoms with van der Waals surface area (Å²) in [5.41, 5.74) is 2.74. The minimum atomic E-state index is -0.167. The largest absolute Gasteiger partial charge is 0.344 e. The van der Waals surface area contributed by atoms with Gasteiger partial charge in [-0.15, -0.1) is 11.3 Å². The molecule has 0 spiro atoms. The number of pyridine rings is 2. The van der Waals surface area contributed by atoms with Crippen molar-refractivity contribution in [2.24, 2.45) is 0 Å². The Bertz CT molecular complexity index is 1350. The molecule has 1 aromatic carbocycles. The quantitative estimate of drug-likeness (QED) is 0.443. The van der Waals surface area contributed by atoms with E-state index in [0.29, 0.717) is 5.82 Å². The number of hydrogen-bond donors (Lipinski definition) is 2. The van der Waals surface area contributed by atoms with E-state index in [1.165, 1.54) is 6.92 Å². The van der Waals surface area contributed by atoms with E-state index in [4.69, 9.17) is 4.98 Å². The van der Waals surface area contributed by atoms with Gasteiger partial charge in [-0.05, 0) is 23.6 Å². The average molecular weight is 412 g/mol. The predicted molar refractivity (Wildman–Crippen MR) is 118 cm³/mol. The van der Waals surface area contributed by atoms with Crippen molar-refractivity contribution in [2.45, 2.75) is 6.92 Å². The highest BCUT2D eigenvalue weighted by Gasteiger charge is 2.19. The number of nitrogens with zero attached hydrogens (tertiary/aromatic N) is 4. The Balaban J connectivity index is 1.70. The number of aromatic nitrogens is 5. The molecule has 0 saturated carbocycles. The van der Waals surface area contributed by atoms with Crippen molar-refractivity contribution in [3.05, 3.63) is 67.4 Å². The van der Waals surface area contributed by atoms with Crippen LogP contribution in [0.3, 0.4) is 0 Å². The fraction of sp³-hybridized carbons (Fsp3) is 0.0455. The van der Waals surface area contributed by atoms with Gasteiger partial charge >= 0.3 is 0 Å². The van der Waals surface area contributed by atoms with Gasteiger partial charge in [-0.3, -0.25) is 9.78 Å². The monoisotopic (exact) mass is 412 g/mol. The van der Waals surface area contributed by atoms with Crippen LogP contribution in [0, 0.1) is 0 Å². The molecule has 0 saturated heterocycles. The van der Waals surface area contributed by atoms with Crippen LogP contribution in [0.1, 0.15) is 6.92 Å². The van der Waals surface area contributed by atoms with Crippen LogP contribution in [0.25, 0.3) is 43.3 Å². The Labute approximate surface area is 175 Å². The second-order valence-electron chi connectivity index (χ2n) is 6.65. The number of carbonyl (C=O) groups is 1. The van der Waals surface area contributed by atoms with E-state index in [0.717, 1.165) is 43.3 Å². The number of benzene rings is 1. The summed E-state index contributed by atoms with van der Waals surface area (Å²) >= 11 is 1.54. The molecule has 0 radical (unpaired) electrons. The number of H-pyrrole nitrogens is 1. The average Bonchev–Trinajstić information content (AvgIpc) is 3.43. The van der Waals surface area contributed by atoms with Gasteiger partial charge in [0.15, 0.2) is 0 Å². The van der Waals surface area contributed by atoms with Gasteiger partial charge in [-0.25, -0.2) is 15.0 Å². The maximum atomic E-state index is 11.4. The first kappa shape index (κ1) is 18.1. The summed E-state index contributed by atoms with van der Waals surface area (Å²) in [4.78, 5) is 33.4. The van der Waals surface area contributed by atoms with Gasteiger partial charge in [-0.2, -0.15) is 0 Å². The third kappa shape index (κ3) is 3.33. The van der Waals surface area contributed by atoms with E-state index in [-0.39, 0.29) is 5.91 Å². The Morgan fingerprint density at radius 2 is 2.03 bits per heavy atom. The van der Waals surface area contributed by atoms with Gasteiger partial charge < -0.3 is 10.3 Å². The maximum absolute atomic E-state index is 11.4. The molecule has 5 rings (SSSR count). The fourth-order valence-corrected chi connectivity index (χ4v) is 4.35. The smallest absolute Gasteiger partial charge is 0.222 e. The molecule has 0 aliphatic heterocycles. The molecule has 0 bridgehead atoms. The third-order valence-corrected chi connectivity index (χ3v) is 5.70. The van der Waals surface area contributed by atoms with Crippen molar-refractivity contribution in [1.82, 2.24) is 24.9 Å². The van der Waals surface area contributed by atoms with Crippen LogP contribution in [0.4, 0.5) is 5.82 Å². The van der Waals surface area contributed by atoms with Crippen LogP contribution < -0.4 is 5.32 Å². The van der Waals surface area contributed by atoms with Crippen LogP contribution in [0.15, 0.2) is 67.4 Å². The van der Waals surface area contributed by atoms with Gasteiger partial charge in [0.1, 0.15) is 16.6 Å². The van der Waals surface area contributed by atoms with E-state index < -0.39 is 0 Å². The molecule has 0 atom stereocenters. The minimum absolute atomic E-state index is 0.167. The first-order valence-corrected chi connectivity index (χ1v) is 10.1. The molecule has 0 unspecified atom stereocenters. The maximum Gasteiger partial charge on any atom is 0.222 e. The van der Waals surface area contributed by atoms with Crippen molar-refractivity contribution in [1.29, 1.82) is 0 Å². The second kappa shape index (κ2) is 7.49. The number of nitrogens with one attached hydrogen (secondary N) is 2. The highest BCUT2D eigenvalue weighted by atomic mass is 32.1. The molecule has 146 valence electrons. The number of carbonyl (C=O) groups excluding carboxylic acids is 1. The number of fused-ring (bicyclic) bond motifs is 1. The Morgan fingerprint density at radius 1 is 1.10 bits per heavy atom. The number of anilines is 1. The van der Waals surface area contributed by atoms with Crippen molar-refractivity contribution in [3.63, 3.8) is 0 Å². The zero-order valence-corrected chi connectivity index (χ0v) is 16.8. The lowest BCUT2D eigenvalue weighted by molar-refractivity contribution is -0.114. The van der Waals surface area contributed by atoms with Gasteiger partial charge in [0.05, 0.1) is 10.6 Å². The lowest BCUT2D eigenvalue weighted by atomic mass is 10.0. The zero-order valence-electron chi connectivity index (χ0n) is 16.0. The number of imidazole rings is 1. The number of amides is 1. The van der Waals surface area contributed by atoms with Crippen molar-refractivity contribution >= 4 is 33.8 Å². The summed E-state index contributed by atoms with van der Waals surface area (Å²) < 4.78 is 0. The molecule has 1 amide bonds. The van der Waals surface area contributed by atoms with Crippen LogP contribution in [-0.2, 0) is 4.79 Å². The van der Waals surface area contributed by atoms with Gasteiger partial charge in [0.25, 0.3) is 0 Å². The van der Waals surface area contributed by atoms with Crippen LogP contribution >= 0.6 is 11.3 Å². The molecule has 0 aliphatic rings. The molecule has 7 nitrogen and oxygen atoms in total. The van der Waals surface area contributed by atoms with Crippen molar-refractivity contribution in [3.8, 4) is 32.5 Å². The van der Waals surface area contributed by atoms with E-state index in [9.17, 15) is 4.79 Å². The molecule has 5 aromatic rings. The fourth-order valence-electron chi connectivity index (χ4n) is 3.32. The molecule has 4 aromatic heterocycles. The Kier molecular flexibility index (Phi) is 4.53. The van der Waals surface area contributed by atoms with Crippen molar-refractivity contribution in [2.75, 3.05) is 5.32 Å². The number of thiazole rings is 1. The lowest BCUT2D eigenvalue weighted by Crippen LogP contribution is -2.07.